The number of amides is 2. The van der Waals surface area contributed by atoms with Crippen LogP contribution in [0.15, 0.2) is 24.3 Å². The number of hydrogen-bond donors (Lipinski definition) is 1. The third-order valence-electron chi connectivity index (χ3n) is 4.50. The van der Waals surface area contributed by atoms with Gasteiger partial charge in [0.25, 0.3) is 0 Å². The van der Waals surface area contributed by atoms with Crippen molar-refractivity contribution in [1.29, 1.82) is 0 Å². The van der Waals surface area contributed by atoms with E-state index >= 15 is 0 Å². The van der Waals surface area contributed by atoms with E-state index in [-0.39, 0.29) is 35.8 Å². The smallest absolute Gasteiger partial charge is 0.352 e. The number of carbonyl (C=O) groups is 2. The molecule has 1 aliphatic heterocycles. The molecule has 2 amide bonds. The van der Waals surface area contributed by atoms with Gasteiger partial charge in [0.05, 0.1) is 11.5 Å². The molecule has 1 heterocycles. The van der Waals surface area contributed by atoms with Crippen LogP contribution in [0, 0.1) is 5.92 Å². The molecule has 0 spiro atoms. The van der Waals surface area contributed by atoms with Gasteiger partial charge in [0.15, 0.2) is 0 Å². The number of alkyl halides is 3. The zero-order valence-electron chi connectivity index (χ0n) is 12.6. The third kappa shape index (κ3) is 3.18. The molecule has 23 heavy (non-hydrogen) atoms. The van der Waals surface area contributed by atoms with E-state index in [1.54, 1.807) is 13.1 Å². The van der Waals surface area contributed by atoms with Crippen molar-refractivity contribution in [2.24, 2.45) is 5.92 Å². The van der Waals surface area contributed by atoms with Crippen LogP contribution in [0.25, 0.3) is 0 Å². The standard InChI is InChI=1S/C16H17F3N2O2/c1-21-8-9(6-14(21)22)15(23)20-13-7-11(13)10-4-2-3-5-12(10)16(17,18)19/h2-5,9,11,13H,6-8H2,1H3,(H,20,23)/t9-,11+,13+/m1/s1. The molecule has 124 valence electrons. The second-order valence-electron chi connectivity index (χ2n) is 6.22. The van der Waals surface area contributed by atoms with Crippen LogP contribution in [0.3, 0.4) is 0 Å². The van der Waals surface area contributed by atoms with Crippen LogP contribution < -0.4 is 5.32 Å². The van der Waals surface area contributed by atoms with Crippen LogP contribution in [0.5, 0.6) is 0 Å². The summed E-state index contributed by atoms with van der Waals surface area (Å²) in [6, 6.07) is 5.19. The Bertz CT molecular complexity index is 644. The summed E-state index contributed by atoms with van der Waals surface area (Å²) < 4.78 is 39.1. The lowest BCUT2D eigenvalue weighted by Gasteiger charge is -2.14. The first-order valence-corrected chi connectivity index (χ1v) is 7.48. The largest absolute Gasteiger partial charge is 0.416 e. The van der Waals surface area contributed by atoms with Gasteiger partial charge in [-0.05, 0) is 18.1 Å². The Morgan fingerprint density at radius 2 is 2.00 bits per heavy atom. The Hall–Kier alpha value is -2.05. The predicted molar refractivity (Wildman–Crippen MR) is 76.5 cm³/mol. The molecule has 0 unspecified atom stereocenters. The average Bonchev–Trinajstić information content (AvgIpc) is 3.16. The quantitative estimate of drug-likeness (QED) is 0.925. The lowest BCUT2D eigenvalue weighted by Crippen LogP contribution is -2.34. The summed E-state index contributed by atoms with van der Waals surface area (Å²) in [6.07, 6.45) is -3.73. The first-order chi connectivity index (χ1) is 10.8. The van der Waals surface area contributed by atoms with Crippen LogP contribution in [-0.4, -0.2) is 36.3 Å². The monoisotopic (exact) mass is 326 g/mol. The second-order valence-corrected chi connectivity index (χ2v) is 6.22. The fourth-order valence-corrected chi connectivity index (χ4v) is 3.12. The number of rotatable bonds is 3. The minimum absolute atomic E-state index is 0.0834. The molecule has 1 aromatic carbocycles. The highest BCUT2D eigenvalue weighted by Crippen LogP contribution is 2.46. The molecule has 2 fully saturated rings. The summed E-state index contributed by atoms with van der Waals surface area (Å²) in [7, 11) is 1.63. The van der Waals surface area contributed by atoms with Crippen molar-refractivity contribution in [3.05, 3.63) is 35.4 Å². The Morgan fingerprint density at radius 1 is 1.30 bits per heavy atom. The highest BCUT2D eigenvalue weighted by molar-refractivity contribution is 5.89. The molecular weight excluding hydrogens is 309 g/mol. The zero-order chi connectivity index (χ0) is 16.8. The Morgan fingerprint density at radius 3 is 2.61 bits per heavy atom. The van der Waals surface area contributed by atoms with Gasteiger partial charge < -0.3 is 10.2 Å². The van der Waals surface area contributed by atoms with Crippen LogP contribution in [0.1, 0.15) is 29.9 Å². The van der Waals surface area contributed by atoms with Crippen molar-refractivity contribution < 1.29 is 22.8 Å². The molecule has 0 bridgehead atoms. The number of nitrogens with one attached hydrogen (secondary N) is 1. The van der Waals surface area contributed by atoms with Crippen molar-refractivity contribution in [2.45, 2.75) is 31.0 Å². The molecule has 1 saturated carbocycles. The molecule has 1 N–H and O–H groups in total. The van der Waals surface area contributed by atoms with E-state index in [1.807, 2.05) is 0 Å². The summed E-state index contributed by atoms with van der Waals surface area (Å²) in [6.45, 7) is 0.362. The highest BCUT2D eigenvalue weighted by Gasteiger charge is 2.46. The molecule has 7 heteroatoms. The molecule has 3 atom stereocenters. The fraction of sp³-hybridized carbons (Fsp3) is 0.500. The first-order valence-electron chi connectivity index (χ1n) is 7.48. The van der Waals surface area contributed by atoms with Crippen LogP contribution >= 0.6 is 0 Å². The van der Waals surface area contributed by atoms with Gasteiger partial charge >= 0.3 is 6.18 Å². The second kappa shape index (κ2) is 5.54. The van der Waals surface area contributed by atoms with E-state index in [9.17, 15) is 22.8 Å². The van der Waals surface area contributed by atoms with E-state index < -0.39 is 17.7 Å². The molecule has 1 saturated heterocycles. The molecule has 1 aliphatic carbocycles. The number of hydrogen-bond acceptors (Lipinski definition) is 2. The SMILES string of the molecule is CN1C[C@H](C(=O)N[C@H]2C[C@H]2c2ccccc2C(F)(F)F)CC1=O. The summed E-state index contributed by atoms with van der Waals surface area (Å²) in [4.78, 5) is 25.1. The number of nitrogens with zero attached hydrogens (tertiary/aromatic N) is 1. The van der Waals surface area contributed by atoms with Crippen molar-refractivity contribution in [1.82, 2.24) is 10.2 Å². The Labute approximate surface area is 131 Å². The molecule has 2 aliphatic rings. The van der Waals surface area contributed by atoms with E-state index in [1.165, 1.54) is 17.0 Å². The van der Waals surface area contributed by atoms with Gasteiger partial charge in [0, 0.05) is 32.0 Å². The van der Waals surface area contributed by atoms with Crippen molar-refractivity contribution in [3.63, 3.8) is 0 Å². The normalized spacial score (nSPS) is 27.2. The van der Waals surface area contributed by atoms with Crippen LogP contribution in [-0.2, 0) is 15.8 Å². The van der Waals surface area contributed by atoms with Crippen molar-refractivity contribution in [2.75, 3.05) is 13.6 Å². The maximum Gasteiger partial charge on any atom is 0.416 e. The molecular formula is C16H17F3N2O2. The number of halogens is 3. The maximum absolute atomic E-state index is 13.0. The Kier molecular flexibility index (Phi) is 3.82. The van der Waals surface area contributed by atoms with Gasteiger partial charge in [0.2, 0.25) is 11.8 Å². The summed E-state index contributed by atoms with van der Waals surface area (Å²) in [5, 5.41) is 2.78. The minimum Gasteiger partial charge on any atom is -0.352 e. The van der Waals surface area contributed by atoms with Gasteiger partial charge in [-0.25, -0.2) is 0 Å². The zero-order valence-corrected chi connectivity index (χ0v) is 12.6. The predicted octanol–water partition coefficient (Wildman–Crippen LogP) is 2.16. The fourth-order valence-electron chi connectivity index (χ4n) is 3.12. The van der Waals surface area contributed by atoms with Crippen LogP contribution in [0.2, 0.25) is 0 Å². The molecule has 0 radical (unpaired) electrons. The topological polar surface area (TPSA) is 49.4 Å². The highest BCUT2D eigenvalue weighted by atomic mass is 19.4. The lowest BCUT2D eigenvalue weighted by atomic mass is 10.0. The number of likely N-dealkylation sites (tertiary alicyclic amines) is 1. The number of benzene rings is 1. The average molecular weight is 326 g/mol. The van der Waals surface area contributed by atoms with Crippen molar-refractivity contribution in [3.8, 4) is 0 Å². The van der Waals surface area contributed by atoms with Crippen molar-refractivity contribution >= 4 is 11.8 Å². The summed E-state index contributed by atoms with van der Waals surface area (Å²) in [5.41, 5.74) is -0.414. The molecule has 1 aromatic rings. The van der Waals surface area contributed by atoms with Gasteiger partial charge in [-0.1, -0.05) is 18.2 Å². The first kappa shape index (κ1) is 15.8. The molecule has 0 aromatic heterocycles. The maximum atomic E-state index is 13.0. The van der Waals surface area contributed by atoms with Gasteiger partial charge in [-0.15, -0.1) is 0 Å². The van der Waals surface area contributed by atoms with E-state index in [0.717, 1.165) is 6.07 Å². The van der Waals surface area contributed by atoms with E-state index in [4.69, 9.17) is 0 Å². The van der Waals surface area contributed by atoms with Gasteiger partial charge in [-0.2, -0.15) is 13.2 Å². The van der Waals surface area contributed by atoms with Gasteiger partial charge in [0.1, 0.15) is 0 Å². The van der Waals surface area contributed by atoms with Crippen LogP contribution in [0.4, 0.5) is 13.2 Å². The lowest BCUT2D eigenvalue weighted by molar-refractivity contribution is -0.138. The van der Waals surface area contributed by atoms with E-state index in [0.29, 0.717) is 13.0 Å². The minimum atomic E-state index is -4.39. The Balaban J connectivity index is 1.65. The third-order valence-corrected chi connectivity index (χ3v) is 4.50. The molecule has 3 rings (SSSR count). The van der Waals surface area contributed by atoms with E-state index in [2.05, 4.69) is 5.32 Å². The summed E-state index contributed by atoms with van der Waals surface area (Å²) in [5.74, 6) is -1.06. The molecule has 4 nitrogen and oxygen atoms in total. The number of carbonyl (C=O) groups excluding carboxylic acids is 2. The van der Waals surface area contributed by atoms with Gasteiger partial charge in [-0.3, -0.25) is 9.59 Å². The summed E-state index contributed by atoms with van der Waals surface area (Å²) >= 11 is 0.